The maximum atomic E-state index is 12.1. The van der Waals surface area contributed by atoms with Crippen LogP contribution in [0.25, 0.3) is 0 Å². The average Bonchev–Trinajstić information content (AvgIpc) is 3.28. The van der Waals surface area contributed by atoms with E-state index in [2.05, 4.69) is 27.1 Å². The molecule has 1 aromatic rings. The summed E-state index contributed by atoms with van der Waals surface area (Å²) in [4.78, 5) is 8.55. The van der Waals surface area contributed by atoms with Crippen LogP contribution in [0.1, 0.15) is 37.1 Å². The van der Waals surface area contributed by atoms with Crippen LogP contribution in [-0.4, -0.2) is 67.1 Å². The Morgan fingerprint density at radius 3 is 2.33 bits per heavy atom. The smallest absolute Gasteiger partial charge is 0.280 e. The highest BCUT2D eigenvalue weighted by atomic mass is 35.5. The third-order valence-electron chi connectivity index (χ3n) is 4.48. The summed E-state index contributed by atoms with van der Waals surface area (Å²) in [5.74, 6) is 0. The van der Waals surface area contributed by atoms with Crippen LogP contribution >= 0.6 is 11.6 Å². The van der Waals surface area contributed by atoms with Crippen LogP contribution < -0.4 is 5.32 Å². The number of rotatable bonds is 2. The van der Waals surface area contributed by atoms with Crippen LogP contribution in [-0.2, 0) is 6.42 Å². The summed E-state index contributed by atoms with van der Waals surface area (Å²) in [5.41, 5.74) is 1.43. The summed E-state index contributed by atoms with van der Waals surface area (Å²) in [5, 5.41) is 3.48. The van der Waals surface area contributed by atoms with Gasteiger partial charge >= 0.3 is 0 Å². The fourth-order valence-corrected chi connectivity index (χ4v) is 3.02. The molecule has 1 aromatic heterocycles. The van der Waals surface area contributed by atoms with E-state index >= 15 is 0 Å². The van der Waals surface area contributed by atoms with Gasteiger partial charge in [0.15, 0.2) is 0 Å². The van der Waals surface area contributed by atoms with E-state index < -0.39 is 6.43 Å². The highest BCUT2D eigenvalue weighted by molar-refractivity contribution is 6.29. The molecule has 2 aliphatic heterocycles. The van der Waals surface area contributed by atoms with Gasteiger partial charge in [0.25, 0.3) is 6.43 Å². The first-order valence-electron chi connectivity index (χ1n) is 8.64. The van der Waals surface area contributed by atoms with Crippen molar-refractivity contribution in [1.29, 1.82) is 0 Å². The molecule has 2 fully saturated rings. The SMILES string of the molecule is CC.CN1CCN(C2CNC2)CC1.FC(F)c1nc(Cl)cc2c1C2. The number of fused-ring (bicyclic) bond motifs is 1. The van der Waals surface area contributed by atoms with Crippen molar-refractivity contribution in [3.05, 3.63) is 28.0 Å². The molecule has 0 bridgehead atoms. The molecule has 1 N–H and O–H groups in total. The zero-order valence-electron chi connectivity index (χ0n) is 14.7. The van der Waals surface area contributed by atoms with Gasteiger partial charge in [-0.1, -0.05) is 25.4 Å². The standard InChI is InChI=1S/C8H17N3.C7H4ClF2N.C2H6/c1-10-2-4-11(5-3-10)8-6-9-7-8;8-5-2-3-1-4(3)6(11-5)7(9)10;1-2/h8-9H,2-7H2,1H3;2,7H,1H2;1-2H3. The highest BCUT2D eigenvalue weighted by Gasteiger charge is 2.28. The van der Waals surface area contributed by atoms with Crippen LogP contribution in [0.2, 0.25) is 5.15 Å². The van der Waals surface area contributed by atoms with Crippen molar-refractivity contribution in [3.8, 4) is 0 Å². The van der Waals surface area contributed by atoms with Crippen molar-refractivity contribution < 1.29 is 8.78 Å². The monoisotopic (exact) mass is 360 g/mol. The normalized spacial score (nSPS) is 20.3. The molecule has 0 radical (unpaired) electrons. The molecule has 0 atom stereocenters. The largest absolute Gasteiger partial charge is 0.314 e. The second-order valence-corrected chi connectivity index (χ2v) is 6.48. The first kappa shape index (κ1) is 19.5. The van der Waals surface area contributed by atoms with Gasteiger partial charge in [0.2, 0.25) is 0 Å². The molecule has 1 aliphatic carbocycles. The molecule has 0 amide bonds. The lowest BCUT2D eigenvalue weighted by Crippen LogP contribution is -2.61. The maximum absolute atomic E-state index is 12.1. The van der Waals surface area contributed by atoms with E-state index in [9.17, 15) is 8.78 Å². The lowest BCUT2D eigenvalue weighted by Gasteiger charge is -2.42. The van der Waals surface area contributed by atoms with Gasteiger partial charge in [-0.05, 0) is 24.2 Å². The Labute approximate surface area is 148 Å². The molecule has 0 spiro atoms. The van der Waals surface area contributed by atoms with Crippen molar-refractivity contribution in [1.82, 2.24) is 20.1 Å². The number of nitrogens with zero attached hydrogens (tertiary/aromatic N) is 3. The Bertz CT molecular complexity index is 529. The number of hydrogen-bond acceptors (Lipinski definition) is 4. The molecular weight excluding hydrogens is 334 g/mol. The molecule has 0 saturated carbocycles. The van der Waals surface area contributed by atoms with E-state index in [1.165, 1.54) is 39.3 Å². The Morgan fingerprint density at radius 2 is 1.83 bits per heavy atom. The van der Waals surface area contributed by atoms with E-state index in [0.29, 0.717) is 12.0 Å². The number of pyridine rings is 1. The molecular formula is C17H27ClF2N4. The van der Waals surface area contributed by atoms with Crippen molar-refractivity contribution in [2.24, 2.45) is 0 Å². The lowest BCUT2D eigenvalue weighted by atomic mass is 10.1. The van der Waals surface area contributed by atoms with Gasteiger partial charge in [0.05, 0.1) is 0 Å². The Hall–Kier alpha value is -0.820. The van der Waals surface area contributed by atoms with E-state index in [-0.39, 0.29) is 10.8 Å². The highest BCUT2D eigenvalue weighted by Crippen LogP contribution is 2.36. The van der Waals surface area contributed by atoms with E-state index in [1.54, 1.807) is 6.07 Å². The van der Waals surface area contributed by atoms with Gasteiger partial charge in [-0.2, -0.15) is 0 Å². The fraction of sp³-hybridized carbons (Fsp3) is 0.706. The number of aromatic nitrogens is 1. The summed E-state index contributed by atoms with van der Waals surface area (Å²) in [6.07, 6.45) is -1.87. The zero-order valence-corrected chi connectivity index (χ0v) is 15.4. The van der Waals surface area contributed by atoms with Gasteiger partial charge in [-0.15, -0.1) is 0 Å². The number of piperazine rings is 1. The summed E-state index contributed by atoms with van der Waals surface area (Å²) in [6, 6.07) is 2.48. The van der Waals surface area contributed by atoms with E-state index in [0.717, 1.165) is 11.6 Å². The molecule has 0 aromatic carbocycles. The fourth-order valence-electron chi connectivity index (χ4n) is 2.80. The molecule has 0 unspecified atom stereocenters. The number of alkyl halides is 2. The van der Waals surface area contributed by atoms with Crippen molar-refractivity contribution >= 4 is 11.6 Å². The van der Waals surface area contributed by atoms with Gasteiger partial charge in [-0.3, -0.25) is 4.90 Å². The first-order valence-corrected chi connectivity index (χ1v) is 9.02. The molecule has 3 aliphatic rings. The maximum Gasteiger partial charge on any atom is 0.280 e. The quantitative estimate of drug-likeness (QED) is 0.834. The zero-order chi connectivity index (χ0) is 17.7. The minimum absolute atomic E-state index is 0.146. The molecule has 2 saturated heterocycles. The number of halogens is 3. The second kappa shape index (κ2) is 9.04. The second-order valence-electron chi connectivity index (χ2n) is 6.10. The summed E-state index contributed by atoms with van der Waals surface area (Å²) < 4.78 is 24.2. The molecule has 136 valence electrons. The van der Waals surface area contributed by atoms with Gasteiger partial charge in [-0.25, -0.2) is 13.8 Å². The average molecular weight is 361 g/mol. The first-order chi connectivity index (χ1) is 11.5. The van der Waals surface area contributed by atoms with Crippen LogP contribution in [0.5, 0.6) is 0 Å². The van der Waals surface area contributed by atoms with E-state index in [1.807, 2.05) is 13.8 Å². The summed E-state index contributed by atoms with van der Waals surface area (Å²) >= 11 is 5.48. The van der Waals surface area contributed by atoms with Crippen LogP contribution in [0.3, 0.4) is 0 Å². The van der Waals surface area contributed by atoms with Crippen molar-refractivity contribution in [2.45, 2.75) is 32.7 Å². The summed E-state index contributed by atoms with van der Waals surface area (Å²) in [6.45, 7) is 11.5. The minimum atomic E-state index is -2.50. The third-order valence-corrected chi connectivity index (χ3v) is 4.67. The molecule has 4 nitrogen and oxygen atoms in total. The molecule has 3 heterocycles. The van der Waals surface area contributed by atoms with Crippen molar-refractivity contribution in [3.63, 3.8) is 0 Å². The number of likely N-dealkylation sites (N-methyl/N-ethyl adjacent to an activating group) is 1. The van der Waals surface area contributed by atoms with Crippen molar-refractivity contribution in [2.75, 3.05) is 46.3 Å². The van der Waals surface area contributed by atoms with Crippen LogP contribution in [0.4, 0.5) is 8.78 Å². The number of hydrogen-bond donors (Lipinski definition) is 1. The van der Waals surface area contributed by atoms with Gasteiger partial charge in [0.1, 0.15) is 10.8 Å². The lowest BCUT2D eigenvalue weighted by molar-refractivity contribution is 0.0844. The van der Waals surface area contributed by atoms with Gasteiger partial charge in [0, 0.05) is 51.7 Å². The van der Waals surface area contributed by atoms with Gasteiger partial charge < -0.3 is 10.2 Å². The molecule has 7 heteroatoms. The topological polar surface area (TPSA) is 31.4 Å². The molecule has 4 rings (SSSR count). The third kappa shape index (κ3) is 5.09. The predicted octanol–water partition coefficient (Wildman–Crippen LogP) is 2.81. The predicted molar refractivity (Wildman–Crippen MR) is 94.1 cm³/mol. The minimum Gasteiger partial charge on any atom is -0.314 e. The summed E-state index contributed by atoms with van der Waals surface area (Å²) in [7, 11) is 2.20. The Morgan fingerprint density at radius 1 is 1.21 bits per heavy atom. The number of nitrogens with one attached hydrogen (secondary N) is 1. The Kier molecular flexibility index (Phi) is 7.34. The molecule has 24 heavy (non-hydrogen) atoms. The van der Waals surface area contributed by atoms with E-state index in [4.69, 9.17) is 11.6 Å². The van der Waals surface area contributed by atoms with Crippen LogP contribution in [0, 0.1) is 0 Å². The van der Waals surface area contributed by atoms with Crippen LogP contribution in [0.15, 0.2) is 6.07 Å². The Balaban J connectivity index is 0.000000158.